The van der Waals surface area contributed by atoms with Crippen molar-refractivity contribution in [3.05, 3.63) is 110 Å². The fourth-order valence-corrected chi connectivity index (χ4v) is 10.5. The van der Waals surface area contributed by atoms with Gasteiger partial charge in [0, 0.05) is 56.7 Å². The van der Waals surface area contributed by atoms with E-state index in [0.29, 0.717) is 67.3 Å². The molecule has 2 heterocycles. The number of methoxy groups -OCH3 is 1. The minimum Gasteiger partial charge on any atom is -0.496 e. The van der Waals surface area contributed by atoms with Crippen molar-refractivity contribution < 1.29 is 31.2 Å². The van der Waals surface area contributed by atoms with Crippen molar-refractivity contribution in [1.82, 2.24) is 8.61 Å². The van der Waals surface area contributed by atoms with Gasteiger partial charge in [0.15, 0.2) is 0 Å². The fraction of sp³-hybridized carbons (Fsp3) is 0.316. The predicted molar refractivity (Wildman–Crippen MR) is 217 cm³/mol. The summed E-state index contributed by atoms with van der Waals surface area (Å²) in [7, 11) is -5.74. The number of ether oxygens (including phenoxy) is 1. The van der Waals surface area contributed by atoms with Crippen molar-refractivity contribution in [2.45, 2.75) is 48.3 Å². The summed E-state index contributed by atoms with van der Waals surface area (Å²) < 4.78 is 63.4. The Morgan fingerprint density at radius 1 is 0.792 bits per heavy atom. The molecule has 1 unspecified atom stereocenters. The molecular weight excluding hydrogens is 895 g/mol. The summed E-state index contributed by atoms with van der Waals surface area (Å²) in [6, 6.07) is 22.9. The summed E-state index contributed by atoms with van der Waals surface area (Å²) >= 11 is 5.60. The zero-order valence-electron chi connectivity index (χ0n) is 29.2. The van der Waals surface area contributed by atoms with E-state index in [-0.39, 0.29) is 33.4 Å². The summed E-state index contributed by atoms with van der Waals surface area (Å²) in [4.78, 5) is 26.4. The second-order valence-electron chi connectivity index (χ2n) is 13.3. The first-order valence-corrected chi connectivity index (χ1v) is 22.0. The molecule has 0 bridgehead atoms. The van der Waals surface area contributed by atoms with Gasteiger partial charge in [-0.25, -0.2) is 16.8 Å². The lowest BCUT2D eigenvalue weighted by atomic mass is 9.88. The third-order valence-corrected chi connectivity index (χ3v) is 15.8. The number of benzene rings is 4. The third-order valence-electron chi connectivity index (χ3n) is 9.71. The highest BCUT2D eigenvalue weighted by atomic mass is 127. The van der Waals surface area contributed by atoms with Gasteiger partial charge in [0.2, 0.25) is 20.0 Å². The molecule has 6 rings (SSSR count). The van der Waals surface area contributed by atoms with E-state index < -0.39 is 20.0 Å². The fourth-order valence-electron chi connectivity index (χ4n) is 6.79. The molecule has 0 aromatic heterocycles. The zero-order chi connectivity index (χ0) is 37.9. The van der Waals surface area contributed by atoms with Gasteiger partial charge in [0.25, 0.3) is 11.8 Å². The number of carbonyl (C=O) groups is 2. The van der Waals surface area contributed by atoms with E-state index in [1.54, 1.807) is 61.7 Å². The van der Waals surface area contributed by atoms with Crippen LogP contribution in [0, 0.1) is 9.49 Å². The molecule has 280 valence electrons. The molecule has 53 heavy (non-hydrogen) atoms. The van der Waals surface area contributed by atoms with Crippen molar-refractivity contribution in [3.63, 3.8) is 0 Å². The first-order chi connectivity index (χ1) is 25.3. The number of nitrogens with one attached hydrogen (secondary N) is 2. The van der Waals surface area contributed by atoms with Crippen LogP contribution >= 0.6 is 38.5 Å². The second kappa shape index (κ2) is 16.6. The van der Waals surface area contributed by atoms with E-state index in [4.69, 9.17) is 4.74 Å². The van der Waals surface area contributed by atoms with Crippen LogP contribution in [0.1, 0.15) is 64.8 Å². The van der Waals surface area contributed by atoms with Gasteiger partial charge in [-0.15, -0.1) is 0 Å². The SMILES string of the molecule is COc1ccc(C(=O)Nc2ccc(S(=O)(=O)N3CCCC3)cc2)cc1[C@@H](C)CC1CCN(S(=O)(=O)c2ccc(NC(=O)c3ccc(I)c(Br)c3)cc2)C1. The lowest BCUT2D eigenvalue weighted by Crippen LogP contribution is -2.29. The van der Waals surface area contributed by atoms with E-state index in [9.17, 15) is 26.4 Å². The third kappa shape index (κ3) is 8.97. The molecule has 0 saturated carbocycles. The highest BCUT2D eigenvalue weighted by molar-refractivity contribution is 14.1. The molecule has 11 nitrogen and oxygen atoms in total. The molecule has 2 aliphatic rings. The Labute approximate surface area is 332 Å². The molecule has 2 N–H and O–H groups in total. The van der Waals surface area contributed by atoms with Gasteiger partial charge in [-0.2, -0.15) is 8.61 Å². The van der Waals surface area contributed by atoms with E-state index in [1.807, 2.05) is 13.0 Å². The zero-order valence-corrected chi connectivity index (χ0v) is 34.6. The highest BCUT2D eigenvalue weighted by Gasteiger charge is 2.34. The maximum absolute atomic E-state index is 13.6. The smallest absolute Gasteiger partial charge is 0.255 e. The lowest BCUT2D eigenvalue weighted by Gasteiger charge is -2.21. The average molecular weight is 936 g/mol. The minimum absolute atomic E-state index is 0.0444. The summed E-state index contributed by atoms with van der Waals surface area (Å²) in [5, 5.41) is 5.68. The minimum atomic E-state index is -3.76. The van der Waals surface area contributed by atoms with Crippen LogP contribution in [0.25, 0.3) is 0 Å². The van der Waals surface area contributed by atoms with Crippen LogP contribution in [-0.4, -0.2) is 70.5 Å². The van der Waals surface area contributed by atoms with Crippen molar-refractivity contribution in [2.75, 3.05) is 43.9 Å². The number of anilines is 2. The summed E-state index contributed by atoms with van der Waals surface area (Å²) in [5.74, 6) is 0.0355. The Hall–Kier alpha value is -3.35. The molecule has 2 amide bonds. The molecule has 0 aliphatic carbocycles. The summed E-state index contributed by atoms with van der Waals surface area (Å²) in [5.41, 5.74) is 2.70. The Morgan fingerprint density at radius 2 is 1.32 bits per heavy atom. The van der Waals surface area contributed by atoms with Gasteiger partial charge in [-0.05, 0) is 167 Å². The molecule has 0 radical (unpaired) electrons. The van der Waals surface area contributed by atoms with Crippen LogP contribution in [0.5, 0.6) is 5.75 Å². The van der Waals surface area contributed by atoms with Gasteiger partial charge in [0.1, 0.15) is 5.75 Å². The predicted octanol–water partition coefficient (Wildman–Crippen LogP) is 7.56. The maximum atomic E-state index is 13.6. The molecule has 2 aliphatic heterocycles. The van der Waals surface area contributed by atoms with Gasteiger partial charge in [-0.1, -0.05) is 6.92 Å². The van der Waals surface area contributed by atoms with Crippen molar-refractivity contribution in [2.24, 2.45) is 5.92 Å². The first kappa shape index (κ1) is 39.3. The Kier molecular flexibility index (Phi) is 12.3. The van der Waals surface area contributed by atoms with E-state index in [2.05, 4.69) is 49.2 Å². The number of nitrogens with zero attached hydrogens (tertiary/aromatic N) is 2. The van der Waals surface area contributed by atoms with Crippen LogP contribution < -0.4 is 15.4 Å². The molecule has 2 saturated heterocycles. The van der Waals surface area contributed by atoms with E-state index in [0.717, 1.165) is 26.4 Å². The molecular formula is C38H40BrIN4O7S2. The van der Waals surface area contributed by atoms with E-state index in [1.165, 1.54) is 32.9 Å². The second-order valence-corrected chi connectivity index (χ2v) is 19.2. The van der Waals surface area contributed by atoms with Crippen LogP contribution in [0.2, 0.25) is 0 Å². The Bertz CT molecular complexity index is 2210. The molecule has 0 spiro atoms. The summed E-state index contributed by atoms with van der Waals surface area (Å²) in [6.07, 6.45) is 3.07. The van der Waals surface area contributed by atoms with Gasteiger partial charge in [-0.3, -0.25) is 9.59 Å². The molecule has 2 fully saturated rings. The van der Waals surface area contributed by atoms with Crippen LogP contribution in [0.3, 0.4) is 0 Å². The number of halogens is 2. The largest absolute Gasteiger partial charge is 0.496 e. The monoisotopic (exact) mass is 934 g/mol. The number of hydrogen-bond donors (Lipinski definition) is 2. The van der Waals surface area contributed by atoms with Crippen molar-refractivity contribution in [1.29, 1.82) is 0 Å². The summed E-state index contributed by atoms with van der Waals surface area (Å²) in [6.45, 7) is 3.82. The van der Waals surface area contributed by atoms with Crippen LogP contribution in [0.4, 0.5) is 11.4 Å². The van der Waals surface area contributed by atoms with E-state index >= 15 is 0 Å². The molecule has 2 atom stereocenters. The number of rotatable bonds is 12. The Morgan fingerprint density at radius 3 is 1.87 bits per heavy atom. The normalized spacial score (nSPS) is 17.4. The van der Waals surface area contributed by atoms with Gasteiger partial charge >= 0.3 is 0 Å². The average Bonchev–Trinajstić information content (AvgIpc) is 3.87. The topological polar surface area (TPSA) is 142 Å². The quantitative estimate of drug-likeness (QED) is 0.140. The molecule has 4 aromatic carbocycles. The number of carbonyl (C=O) groups excluding carboxylic acids is 2. The van der Waals surface area contributed by atoms with Crippen molar-refractivity contribution >= 4 is 81.8 Å². The Balaban J connectivity index is 1.06. The number of sulfonamides is 2. The van der Waals surface area contributed by atoms with Gasteiger partial charge < -0.3 is 15.4 Å². The first-order valence-electron chi connectivity index (χ1n) is 17.2. The number of hydrogen-bond acceptors (Lipinski definition) is 7. The molecule has 15 heteroatoms. The molecule has 4 aromatic rings. The van der Waals surface area contributed by atoms with Crippen LogP contribution in [0.15, 0.2) is 99.2 Å². The maximum Gasteiger partial charge on any atom is 0.255 e. The lowest BCUT2D eigenvalue weighted by molar-refractivity contribution is 0.101. The standard InChI is InChI=1S/C38H40BrIN4O7S2/c1-25(33-22-27(6-16-36(33)51-2)37(45)41-29-7-11-31(12-8-29)52(47,48)43-18-3-4-19-43)21-26-17-20-44(24-26)53(49,50)32-13-9-30(10-14-32)42-38(46)28-5-15-35(40)34(39)23-28/h5-16,22-23,25-26H,3-4,17-21,24H2,1-2H3,(H,41,45)(H,42,46)/t25-,26?/m0/s1. The highest BCUT2D eigenvalue weighted by Crippen LogP contribution is 2.36. The van der Waals surface area contributed by atoms with Crippen LogP contribution in [-0.2, 0) is 20.0 Å². The number of amides is 2. The van der Waals surface area contributed by atoms with Crippen molar-refractivity contribution in [3.8, 4) is 5.75 Å². The van der Waals surface area contributed by atoms with Gasteiger partial charge in [0.05, 0.1) is 16.9 Å².